The molecule has 0 radical (unpaired) electrons. The molecule has 0 aliphatic rings. The zero-order valence-corrected chi connectivity index (χ0v) is 11.6. The second-order valence-electron chi connectivity index (χ2n) is 4.77. The van der Waals surface area contributed by atoms with Gasteiger partial charge in [-0.25, -0.2) is 0 Å². The Kier molecular flexibility index (Phi) is 4.23. The van der Waals surface area contributed by atoms with Gasteiger partial charge in [0.1, 0.15) is 11.9 Å². The third-order valence-corrected chi connectivity index (χ3v) is 3.21. The summed E-state index contributed by atoms with van der Waals surface area (Å²) in [6.07, 6.45) is -5.62. The molecule has 2 nitrogen and oxygen atoms in total. The van der Waals surface area contributed by atoms with Gasteiger partial charge < -0.3 is 9.84 Å². The van der Waals surface area contributed by atoms with Gasteiger partial charge in [-0.15, -0.1) is 0 Å². The summed E-state index contributed by atoms with van der Waals surface area (Å²) in [4.78, 5) is 0. The Bertz CT molecular complexity index is 636. The van der Waals surface area contributed by atoms with Crippen LogP contribution in [0.5, 0.6) is 5.75 Å². The number of methoxy groups -OCH3 is 1. The smallest absolute Gasteiger partial charge is 0.416 e. The average Bonchev–Trinajstić information content (AvgIpc) is 2.45. The zero-order valence-electron chi connectivity index (χ0n) is 11.6. The Morgan fingerprint density at radius 3 is 2.43 bits per heavy atom. The van der Waals surface area contributed by atoms with Gasteiger partial charge in [0, 0.05) is 5.56 Å². The molecule has 0 saturated carbocycles. The first kappa shape index (κ1) is 15.4. The maximum atomic E-state index is 12.7. The second kappa shape index (κ2) is 5.77. The van der Waals surface area contributed by atoms with Gasteiger partial charge >= 0.3 is 6.18 Å². The van der Waals surface area contributed by atoms with E-state index in [2.05, 4.69) is 0 Å². The van der Waals surface area contributed by atoms with Crippen molar-refractivity contribution in [2.45, 2.75) is 19.2 Å². The van der Waals surface area contributed by atoms with Gasteiger partial charge in [0.25, 0.3) is 0 Å². The molecule has 0 aliphatic carbocycles. The SMILES string of the molecule is COc1cc(C)ccc1C(O)c1cccc(C(F)(F)F)c1. The Labute approximate surface area is 120 Å². The first-order valence-electron chi connectivity index (χ1n) is 6.32. The van der Waals surface area contributed by atoms with E-state index in [1.165, 1.54) is 19.2 Å². The summed E-state index contributed by atoms with van der Waals surface area (Å²) in [5, 5.41) is 10.3. The van der Waals surface area contributed by atoms with Gasteiger partial charge in [0.05, 0.1) is 12.7 Å². The topological polar surface area (TPSA) is 29.5 Å². The molecule has 0 fully saturated rings. The molecular weight excluding hydrogens is 281 g/mol. The van der Waals surface area contributed by atoms with Crippen LogP contribution in [0.2, 0.25) is 0 Å². The molecule has 1 unspecified atom stereocenters. The van der Waals surface area contributed by atoms with Gasteiger partial charge in [-0.3, -0.25) is 0 Å². The summed E-state index contributed by atoms with van der Waals surface area (Å²) < 4.78 is 43.4. The molecule has 0 bridgehead atoms. The van der Waals surface area contributed by atoms with E-state index in [-0.39, 0.29) is 5.56 Å². The fourth-order valence-electron chi connectivity index (χ4n) is 2.11. The highest BCUT2D eigenvalue weighted by molar-refractivity contribution is 5.43. The Morgan fingerprint density at radius 2 is 1.81 bits per heavy atom. The number of benzene rings is 2. The van der Waals surface area contributed by atoms with Crippen LogP contribution in [-0.2, 0) is 6.18 Å². The first-order chi connectivity index (χ1) is 9.82. The van der Waals surface area contributed by atoms with Crippen molar-refractivity contribution in [1.29, 1.82) is 0 Å². The number of aliphatic hydroxyl groups is 1. The quantitative estimate of drug-likeness (QED) is 0.924. The molecule has 0 amide bonds. The molecule has 2 aromatic carbocycles. The van der Waals surface area contributed by atoms with Crippen molar-refractivity contribution in [1.82, 2.24) is 0 Å². The van der Waals surface area contributed by atoms with Gasteiger partial charge in [-0.2, -0.15) is 13.2 Å². The summed E-state index contributed by atoms with van der Waals surface area (Å²) in [6.45, 7) is 1.86. The van der Waals surface area contributed by atoms with Crippen molar-refractivity contribution in [2.24, 2.45) is 0 Å². The molecule has 0 aliphatic heterocycles. The molecule has 21 heavy (non-hydrogen) atoms. The van der Waals surface area contributed by atoms with E-state index in [9.17, 15) is 18.3 Å². The number of aryl methyl sites for hydroxylation is 1. The lowest BCUT2D eigenvalue weighted by Crippen LogP contribution is -2.08. The fraction of sp³-hybridized carbons (Fsp3) is 0.250. The van der Waals surface area contributed by atoms with Gasteiger partial charge in [-0.05, 0) is 36.2 Å². The van der Waals surface area contributed by atoms with E-state index >= 15 is 0 Å². The van der Waals surface area contributed by atoms with E-state index in [1.807, 2.05) is 6.92 Å². The van der Waals surface area contributed by atoms with Crippen molar-refractivity contribution in [2.75, 3.05) is 7.11 Å². The average molecular weight is 296 g/mol. The third-order valence-electron chi connectivity index (χ3n) is 3.21. The zero-order chi connectivity index (χ0) is 15.6. The maximum absolute atomic E-state index is 12.7. The summed E-state index contributed by atoms with van der Waals surface area (Å²) in [5.74, 6) is 0.444. The third kappa shape index (κ3) is 3.36. The number of ether oxygens (including phenoxy) is 1. The first-order valence-corrected chi connectivity index (χ1v) is 6.32. The van der Waals surface area contributed by atoms with Crippen LogP contribution in [0, 0.1) is 6.92 Å². The molecule has 2 aromatic rings. The van der Waals surface area contributed by atoms with Crippen molar-refractivity contribution in [3.05, 3.63) is 64.7 Å². The highest BCUT2D eigenvalue weighted by atomic mass is 19.4. The minimum Gasteiger partial charge on any atom is -0.496 e. The molecule has 1 atom stereocenters. The molecule has 0 spiro atoms. The molecule has 1 N–H and O–H groups in total. The highest BCUT2D eigenvalue weighted by Gasteiger charge is 2.31. The molecular formula is C16H15F3O2. The summed E-state index contributed by atoms with van der Waals surface area (Å²) in [6, 6.07) is 9.81. The number of halogens is 3. The number of aliphatic hydroxyl groups excluding tert-OH is 1. The highest BCUT2D eigenvalue weighted by Crippen LogP contribution is 2.34. The Morgan fingerprint density at radius 1 is 1.10 bits per heavy atom. The van der Waals surface area contributed by atoms with Gasteiger partial charge in [0.2, 0.25) is 0 Å². The molecule has 0 saturated heterocycles. The minimum absolute atomic E-state index is 0.173. The Balaban J connectivity index is 2.43. The fourth-order valence-corrected chi connectivity index (χ4v) is 2.11. The van der Waals surface area contributed by atoms with Crippen LogP contribution in [0.25, 0.3) is 0 Å². The number of rotatable bonds is 3. The molecule has 0 heterocycles. The standard InChI is InChI=1S/C16H15F3O2/c1-10-6-7-13(14(8-10)21-2)15(20)11-4-3-5-12(9-11)16(17,18)19/h3-9,15,20H,1-2H3. The van der Waals surface area contributed by atoms with Crippen molar-refractivity contribution in [3.8, 4) is 5.75 Å². The number of alkyl halides is 3. The van der Waals surface area contributed by atoms with Crippen molar-refractivity contribution in [3.63, 3.8) is 0 Å². The van der Waals surface area contributed by atoms with E-state index in [1.54, 1.807) is 18.2 Å². The second-order valence-corrected chi connectivity index (χ2v) is 4.77. The normalized spacial score (nSPS) is 13.0. The number of hydrogen-bond donors (Lipinski definition) is 1. The maximum Gasteiger partial charge on any atom is 0.416 e. The van der Waals surface area contributed by atoms with Gasteiger partial charge in [0.15, 0.2) is 0 Å². The number of hydrogen-bond acceptors (Lipinski definition) is 2. The monoisotopic (exact) mass is 296 g/mol. The lowest BCUT2D eigenvalue weighted by Gasteiger charge is -2.17. The predicted molar refractivity (Wildman–Crippen MR) is 73.2 cm³/mol. The predicted octanol–water partition coefficient (Wildman–Crippen LogP) is 4.10. The molecule has 5 heteroatoms. The molecule has 2 rings (SSSR count). The van der Waals surface area contributed by atoms with E-state index in [0.29, 0.717) is 11.3 Å². The van der Waals surface area contributed by atoms with E-state index in [0.717, 1.165) is 17.7 Å². The van der Waals surface area contributed by atoms with Crippen LogP contribution in [0.3, 0.4) is 0 Å². The molecule has 0 aromatic heterocycles. The largest absolute Gasteiger partial charge is 0.496 e. The van der Waals surface area contributed by atoms with E-state index < -0.39 is 17.8 Å². The Hall–Kier alpha value is -2.01. The van der Waals surface area contributed by atoms with E-state index in [4.69, 9.17) is 4.74 Å². The summed E-state index contributed by atoms with van der Waals surface area (Å²) in [5.41, 5.74) is 0.756. The lowest BCUT2D eigenvalue weighted by molar-refractivity contribution is -0.137. The van der Waals surface area contributed by atoms with Gasteiger partial charge in [-0.1, -0.05) is 24.3 Å². The summed E-state index contributed by atoms with van der Waals surface area (Å²) >= 11 is 0. The van der Waals surface area contributed by atoms with Crippen LogP contribution in [0.15, 0.2) is 42.5 Å². The summed E-state index contributed by atoms with van der Waals surface area (Å²) in [7, 11) is 1.46. The van der Waals surface area contributed by atoms with Crippen molar-refractivity contribution >= 4 is 0 Å². The van der Waals surface area contributed by atoms with Crippen LogP contribution in [0.4, 0.5) is 13.2 Å². The molecule has 112 valence electrons. The van der Waals surface area contributed by atoms with Crippen LogP contribution >= 0.6 is 0 Å². The van der Waals surface area contributed by atoms with Crippen LogP contribution < -0.4 is 4.74 Å². The van der Waals surface area contributed by atoms with Crippen LogP contribution in [-0.4, -0.2) is 12.2 Å². The minimum atomic E-state index is -4.44. The lowest BCUT2D eigenvalue weighted by atomic mass is 9.98. The van der Waals surface area contributed by atoms with Crippen LogP contribution in [0.1, 0.15) is 28.4 Å². The van der Waals surface area contributed by atoms with Crippen molar-refractivity contribution < 1.29 is 23.0 Å².